The molecule has 3 rings (SSSR count). The molecule has 1 atom stereocenters. The number of hydrogen-bond acceptors (Lipinski definition) is 5. The predicted octanol–water partition coefficient (Wildman–Crippen LogP) is 6.10. The molecule has 162 valence electrons. The summed E-state index contributed by atoms with van der Waals surface area (Å²) in [6, 6.07) is 5.32. The highest BCUT2D eigenvalue weighted by atomic mass is 79.9. The summed E-state index contributed by atoms with van der Waals surface area (Å²) >= 11 is 4.90. The van der Waals surface area contributed by atoms with Gasteiger partial charge in [-0.25, -0.2) is 4.79 Å². The van der Waals surface area contributed by atoms with E-state index in [0.29, 0.717) is 34.4 Å². The third-order valence-corrected chi connectivity index (χ3v) is 7.26. The highest BCUT2D eigenvalue weighted by Crippen LogP contribution is 2.44. The Morgan fingerprint density at radius 3 is 2.67 bits per heavy atom. The fraction of sp³-hybridized carbons (Fsp3) is 0.478. The van der Waals surface area contributed by atoms with Crippen molar-refractivity contribution in [1.29, 1.82) is 0 Å². The lowest BCUT2D eigenvalue weighted by Crippen LogP contribution is -2.26. The molecule has 0 saturated heterocycles. The van der Waals surface area contributed by atoms with Crippen LogP contribution >= 0.6 is 27.3 Å². The Kier molecular flexibility index (Phi) is 6.92. The maximum Gasteiger partial charge on any atom is 0.341 e. The normalized spacial score (nSPS) is 16.0. The van der Waals surface area contributed by atoms with Crippen molar-refractivity contribution < 1.29 is 19.1 Å². The van der Waals surface area contributed by atoms with E-state index in [9.17, 15) is 9.59 Å². The molecule has 0 fully saturated rings. The minimum atomic E-state index is -0.406. The van der Waals surface area contributed by atoms with Crippen LogP contribution < -0.4 is 10.1 Å². The molecule has 7 heteroatoms. The van der Waals surface area contributed by atoms with Crippen LogP contribution in [0.1, 0.15) is 65.3 Å². The van der Waals surface area contributed by atoms with E-state index in [0.717, 1.165) is 34.2 Å². The fourth-order valence-corrected chi connectivity index (χ4v) is 5.53. The lowest BCUT2D eigenvalue weighted by atomic mass is 9.72. The average Bonchev–Trinajstić information content (AvgIpc) is 3.05. The zero-order valence-corrected chi connectivity index (χ0v) is 20.5. The number of methoxy groups -OCH3 is 1. The molecule has 2 aromatic rings. The summed E-state index contributed by atoms with van der Waals surface area (Å²) in [7, 11) is 1.38. The van der Waals surface area contributed by atoms with Gasteiger partial charge in [-0.15, -0.1) is 11.3 Å². The highest BCUT2D eigenvalue weighted by molar-refractivity contribution is 9.10. The lowest BCUT2D eigenvalue weighted by molar-refractivity contribution is 0.0600. The second-order valence-electron chi connectivity index (χ2n) is 8.53. The number of anilines is 1. The van der Waals surface area contributed by atoms with Crippen LogP contribution in [0.2, 0.25) is 0 Å². The Hall–Kier alpha value is -1.86. The van der Waals surface area contributed by atoms with Gasteiger partial charge in [0.25, 0.3) is 5.91 Å². The molecule has 1 aliphatic carbocycles. The smallest absolute Gasteiger partial charge is 0.341 e. The van der Waals surface area contributed by atoms with Gasteiger partial charge in [0.05, 0.1) is 24.8 Å². The molecule has 1 aliphatic rings. The maximum atomic E-state index is 13.1. The summed E-state index contributed by atoms with van der Waals surface area (Å²) in [5.74, 6) is 0.325. The van der Waals surface area contributed by atoms with Crippen LogP contribution in [0.15, 0.2) is 22.7 Å². The predicted molar refractivity (Wildman–Crippen MR) is 124 cm³/mol. The van der Waals surface area contributed by atoms with Crippen LogP contribution in [-0.4, -0.2) is 25.6 Å². The van der Waals surface area contributed by atoms with Crippen molar-refractivity contribution in [1.82, 2.24) is 0 Å². The van der Waals surface area contributed by atoms with Gasteiger partial charge in [0.1, 0.15) is 10.8 Å². The average molecular weight is 494 g/mol. The Morgan fingerprint density at radius 2 is 2.03 bits per heavy atom. The molecular weight excluding hydrogens is 466 g/mol. The van der Waals surface area contributed by atoms with Crippen LogP contribution in [0.3, 0.4) is 0 Å². The first-order chi connectivity index (χ1) is 14.2. The highest BCUT2D eigenvalue weighted by Gasteiger charge is 2.34. The summed E-state index contributed by atoms with van der Waals surface area (Å²) in [6.07, 6.45) is 2.74. The first-order valence-corrected chi connectivity index (χ1v) is 11.7. The van der Waals surface area contributed by atoms with E-state index in [1.54, 1.807) is 12.1 Å². The fourth-order valence-electron chi connectivity index (χ4n) is 3.86. The summed E-state index contributed by atoms with van der Waals surface area (Å²) in [4.78, 5) is 26.9. The van der Waals surface area contributed by atoms with Gasteiger partial charge in [-0.1, -0.05) is 36.7 Å². The number of thiophene rings is 1. The molecule has 5 nitrogen and oxygen atoms in total. The van der Waals surface area contributed by atoms with Crippen molar-refractivity contribution in [2.75, 3.05) is 19.0 Å². The quantitative estimate of drug-likeness (QED) is 0.511. The first-order valence-electron chi connectivity index (χ1n) is 10.1. The minimum Gasteiger partial charge on any atom is -0.493 e. The van der Waals surface area contributed by atoms with Crippen molar-refractivity contribution in [2.24, 2.45) is 11.3 Å². The van der Waals surface area contributed by atoms with Gasteiger partial charge >= 0.3 is 5.97 Å². The molecule has 1 N–H and O–H groups in total. The van der Waals surface area contributed by atoms with Gasteiger partial charge in [-0.2, -0.15) is 0 Å². The van der Waals surface area contributed by atoms with Gasteiger partial charge in [-0.05, 0) is 61.3 Å². The molecule has 1 heterocycles. The number of carbonyl (C=O) groups excluding carboxylic acids is 2. The second kappa shape index (κ2) is 9.10. The Labute approximate surface area is 190 Å². The standard InChI is InChI=1S/C23H28BrNO4S/c1-6-29-17-10-8-14(24)12-16(17)20(26)25-21-19(22(27)28-5)15-9-7-13(23(2,3)4)11-18(15)30-21/h8,10,12-13H,6-7,9,11H2,1-5H3,(H,25,26). The Bertz CT molecular complexity index is 961. The van der Waals surface area contributed by atoms with Crippen LogP contribution in [0.4, 0.5) is 5.00 Å². The van der Waals surface area contributed by atoms with Gasteiger partial charge in [0, 0.05) is 9.35 Å². The van der Waals surface area contributed by atoms with E-state index in [1.807, 2.05) is 13.0 Å². The van der Waals surface area contributed by atoms with Crippen molar-refractivity contribution in [2.45, 2.75) is 47.0 Å². The molecule has 0 saturated carbocycles. The van der Waals surface area contributed by atoms with Gasteiger partial charge in [0.2, 0.25) is 0 Å². The zero-order chi connectivity index (χ0) is 22.1. The molecule has 0 spiro atoms. The largest absolute Gasteiger partial charge is 0.493 e. The van der Waals surface area contributed by atoms with E-state index >= 15 is 0 Å². The molecule has 1 aromatic carbocycles. The lowest BCUT2D eigenvalue weighted by Gasteiger charge is -2.33. The van der Waals surface area contributed by atoms with E-state index in [4.69, 9.17) is 9.47 Å². The zero-order valence-electron chi connectivity index (χ0n) is 18.1. The third kappa shape index (κ3) is 4.72. The summed E-state index contributed by atoms with van der Waals surface area (Å²) in [5, 5.41) is 3.51. The van der Waals surface area contributed by atoms with Crippen LogP contribution in [0.5, 0.6) is 5.75 Å². The van der Waals surface area contributed by atoms with Gasteiger partial charge < -0.3 is 14.8 Å². The minimum absolute atomic E-state index is 0.194. The van der Waals surface area contributed by atoms with Crippen molar-refractivity contribution >= 4 is 44.1 Å². The molecule has 1 aromatic heterocycles. The van der Waals surface area contributed by atoms with Crippen LogP contribution in [-0.2, 0) is 17.6 Å². The second-order valence-corrected chi connectivity index (χ2v) is 10.6. The molecule has 1 unspecified atom stereocenters. The van der Waals surface area contributed by atoms with Gasteiger partial charge in [-0.3, -0.25) is 4.79 Å². The number of benzene rings is 1. The summed E-state index contributed by atoms with van der Waals surface area (Å²) in [6.45, 7) is 9.09. The molecular formula is C23H28BrNO4S. The molecule has 0 aliphatic heterocycles. The van der Waals surface area contributed by atoms with E-state index in [2.05, 4.69) is 42.0 Å². The molecule has 0 radical (unpaired) electrons. The number of halogens is 1. The number of esters is 1. The number of hydrogen-bond donors (Lipinski definition) is 1. The topological polar surface area (TPSA) is 64.6 Å². The number of carbonyl (C=O) groups is 2. The van der Waals surface area contributed by atoms with E-state index in [-0.39, 0.29) is 11.3 Å². The summed E-state index contributed by atoms with van der Waals surface area (Å²) in [5.41, 5.74) is 2.12. The number of rotatable bonds is 5. The first kappa shape index (κ1) is 22.8. The Balaban J connectivity index is 1.97. The van der Waals surface area contributed by atoms with Crippen LogP contribution in [0.25, 0.3) is 0 Å². The number of fused-ring (bicyclic) bond motifs is 1. The number of nitrogens with one attached hydrogen (secondary N) is 1. The molecule has 1 amide bonds. The summed E-state index contributed by atoms with van der Waals surface area (Å²) < 4.78 is 11.4. The van der Waals surface area contributed by atoms with Crippen molar-refractivity contribution in [3.63, 3.8) is 0 Å². The maximum absolute atomic E-state index is 13.1. The molecule has 0 bridgehead atoms. The SMILES string of the molecule is CCOc1ccc(Br)cc1C(=O)Nc1sc2c(c1C(=O)OC)CCC(C(C)(C)C)C2. The Morgan fingerprint density at radius 1 is 1.30 bits per heavy atom. The van der Waals surface area contributed by atoms with Gasteiger partial charge in [0.15, 0.2) is 0 Å². The number of amides is 1. The monoisotopic (exact) mass is 493 g/mol. The van der Waals surface area contributed by atoms with Crippen molar-refractivity contribution in [3.05, 3.63) is 44.2 Å². The van der Waals surface area contributed by atoms with E-state index in [1.165, 1.54) is 18.4 Å². The third-order valence-electron chi connectivity index (χ3n) is 5.59. The van der Waals surface area contributed by atoms with Crippen LogP contribution in [0, 0.1) is 11.3 Å². The molecule has 30 heavy (non-hydrogen) atoms. The number of ether oxygens (including phenoxy) is 2. The van der Waals surface area contributed by atoms with E-state index < -0.39 is 5.97 Å². The van der Waals surface area contributed by atoms with Crippen molar-refractivity contribution in [3.8, 4) is 5.75 Å².